The first-order valence-electron chi connectivity index (χ1n) is 13.3. The molecule has 0 bridgehead atoms. The Morgan fingerprint density at radius 3 is 2.49 bits per heavy atom. The molecule has 1 fully saturated rings. The average Bonchev–Trinajstić information content (AvgIpc) is 3.61. The van der Waals surface area contributed by atoms with Crippen LogP contribution in [-0.4, -0.2) is 56.8 Å². The molecule has 246 valence electrons. The zero-order valence-corrected chi connectivity index (χ0v) is 26.3. The Morgan fingerprint density at radius 1 is 1.06 bits per heavy atom. The molecule has 2 heterocycles. The summed E-state index contributed by atoms with van der Waals surface area (Å²) in [4.78, 5) is 35.2. The van der Waals surface area contributed by atoms with Gasteiger partial charge in [0.15, 0.2) is 11.0 Å². The van der Waals surface area contributed by atoms with Crippen molar-refractivity contribution in [2.45, 2.75) is 26.1 Å². The van der Waals surface area contributed by atoms with Crippen LogP contribution >= 0.6 is 27.7 Å². The molecule has 1 aromatic heterocycles. The maximum atomic E-state index is 12.9. The van der Waals surface area contributed by atoms with Crippen LogP contribution in [0.25, 0.3) is 17.1 Å². The molecule has 5 rings (SSSR count). The number of aryl methyl sites for hydroxylation is 1. The summed E-state index contributed by atoms with van der Waals surface area (Å²) in [6, 6.07) is 13.9. The minimum absolute atomic E-state index is 0.0353. The number of aromatic nitrogens is 3. The molecule has 0 spiro atoms. The Kier molecular flexibility index (Phi) is 9.92. The molecule has 0 aliphatic carbocycles. The topological polar surface area (TPSA) is 111 Å². The van der Waals surface area contributed by atoms with Gasteiger partial charge in [-0.1, -0.05) is 23.9 Å². The predicted molar refractivity (Wildman–Crippen MR) is 164 cm³/mol. The number of thioether (sulfide) groups is 1. The summed E-state index contributed by atoms with van der Waals surface area (Å²) >= 11 is 4.39. The van der Waals surface area contributed by atoms with E-state index < -0.39 is 37.7 Å². The molecule has 0 radical (unpaired) electrons. The van der Waals surface area contributed by atoms with Gasteiger partial charge in [-0.15, -0.1) is 18.3 Å². The standard InChI is InChI=1S/C29H21BrF6N6O4S/c1-16-2-3-18(12-45-14-28(31,32)33)23(10-16)42-24(43)13-47-27(42)39-26(44)38-22-9-4-17(11-21(22)30)25-37-15-41(40-25)19-5-7-20(8-6-19)46-29(34,35)36/h2-11,15H,12-14H2,1H3,(H,38,44)/b39-27-. The highest BCUT2D eigenvalue weighted by Crippen LogP contribution is 2.33. The molecular formula is C29H21BrF6N6O4S. The second-order valence-electron chi connectivity index (χ2n) is 9.83. The fraction of sp³-hybridized carbons (Fsp3) is 0.207. The number of carbonyl (C=O) groups is 2. The summed E-state index contributed by atoms with van der Waals surface area (Å²) < 4.78 is 85.6. The SMILES string of the molecule is Cc1ccc(COCC(F)(F)F)c(N2C(=O)CS/C2=N\C(=O)Nc2ccc(-c3ncn(-c4ccc(OC(F)(F)F)cc4)n3)cc2Br)c1. The van der Waals surface area contributed by atoms with Crippen LogP contribution in [0, 0.1) is 6.92 Å². The van der Waals surface area contributed by atoms with Crippen molar-refractivity contribution >= 4 is 56.2 Å². The van der Waals surface area contributed by atoms with Crippen molar-refractivity contribution in [3.8, 4) is 22.8 Å². The largest absolute Gasteiger partial charge is 0.573 e. The summed E-state index contributed by atoms with van der Waals surface area (Å²) in [7, 11) is 0. The molecule has 10 nitrogen and oxygen atoms in total. The molecule has 18 heteroatoms. The van der Waals surface area contributed by atoms with Crippen molar-refractivity contribution in [3.63, 3.8) is 0 Å². The zero-order chi connectivity index (χ0) is 33.9. The van der Waals surface area contributed by atoms with Crippen LogP contribution in [0.1, 0.15) is 11.1 Å². The molecule has 4 aromatic rings. The second-order valence-corrected chi connectivity index (χ2v) is 11.6. The third kappa shape index (κ3) is 8.89. The summed E-state index contributed by atoms with van der Waals surface area (Å²) in [5.74, 6) is -0.545. The van der Waals surface area contributed by atoms with Gasteiger partial charge in [0.25, 0.3) is 0 Å². The zero-order valence-electron chi connectivity index (χ0n) is 23.9. The van der Waals surface area contributed by atoms with E-state index in [9.17, 15) is 35.9 Å². The number of benzene rings is 3. The van der Waals surface area contributed by atoms with E-state index in [1.165, 1.54) is 28.0 Å². The maximum Gasteiger partial charge on any atom is 0.573 e. The monoisotopic (exact) mass is 742 g/mol. The lowest BCUT2D eigenvalue weighted by Gasteiger charge is -2.21. The number of urea groups is 1. The van der Waals surface area contributed by atoms with Crippen LogP contribution in [0.5, 0.6) is 5.75 Å². The van der Waals surface area contributed by atoms with Gasteiger partial charge in [-0.2, -0.15) is 18.2 Å². The fourth-order valence-electron chi connectivity index (χ4n) is 4.27. The highest BCUT2D eigenvalue weighted by molar-refractivity contribution is 9.10. The quantitative estimate of drug-likeness (QED) is 0.185. The van der Waals surface area contributed by atoms with Crippen LogP contribution in [0.3, 0.4) is 0 Å². The van der Waals surface area contributed by atoms with Crippen LogP contribution < -0.4 is 15.0 Å². The van der Waals surface area contributed by atoms with Gasteiger partial charge in [0.1, 0.15) is 18.7 Å². The Morgan fingerprint density at radius 2 is 1.81 bits per heavy atom. The maximum absolute atomic E-state index is 12.9. The highest BCUT2D eigenvalue weighted by atomic mass is 79.9. The molecule has 3 aromatic carbocycles. The van der Waals surface area contributed by atoms with E-state index in [-0.39, 0.29) is 28.2 Å². The Balaban J connectivity index is 1.29. The molecular weight excluding hydrogens is 722 g/mol. The van der Waals surface area contributed by atoms with Crippen LogP contribution in [-0.2, 0) is 16.1 Å². The van der Waals surface area contributed by atoms with Gasteiger partial charge in [0, 0.05) is 15.6 Å². The predicted octanol–water partition coefficient (Wildman–Crippen LogP) is 7.65. The van der Waals surface area contributed by atoms with Crippen molar-refractivity contribution in [1.29, 1.82) is 0 Å². The molecule has 47 heavy (non-hydrogen) atoms. The third-order valence-corrected chi connectivity index (χ3v) is 7.84. The van der Waals surface area contributed by atoms with Gasteiger partial charge in [0.05, 0.1) is 29.4 Å². The lowest BCUT2D eigenvalue weighted by Crippen LogP contribution is -2.31. The van der Waals surface area contributed by atoms with E-state index in [0.29, 0.717) is 27.0 Å². The van der Waals surface area contributed by atoms with Gasteiger partial charge in [0.2, 0.25) is 5.91 Å². The van der Waals surface area contributed by atoms with Gasteiger partial charge >= 0.3 is 18.6 Å². The van der Waals surface area contributed by atoms with E-state index in [0.717, 1.165) is 29.5 Å². The first-order chi connectivity index (χ1) is 22.1. The molecule has 1 aliphatic heterocycles. The van der Waals surface area contributed by atoms with E-state index >= 15 is 0 Å². The minimum Gasteiger partial charge on any atom is -0.406 e. The number of amidine groups is 1. The number of hydrogen-bond acceptors (Lipinski definition) is 7. The van der Waals surface area contributed by atoms with E-state index in [1.54, 1.807) is 43.3 Å². The third-order valence-electron chi connectivity index (χ3n) is 6.26. The van der Waals surface area contributed by atoms with Gasteiger partial charge < -0.3 is 14.8 Å². The Labute approximate surface area is 274 Å². The van der Waals surface area contributed by atoms with Gasteiger partial charge in [-0.25, -0.2) is 14.5 Å². The Bertz CT molecular complexity index is 1830. The molecule has 1 N–H and O–H groups in total. The van der Waals surface area contributed by atoms with Crippen LogP contribution in [0.2, 0.25) is 0 Å². The molecule has 0 saturated carbocycles. The lowest BCUT2D eigenvalue weighted by molar-refractivity contribution is -0.274. The molecule has 0 unspecified atom stereocenters. The minimum atomic E-state index is -4.81. The lowest BCUT2D eigenvalue weighted by atomic mass is 10.1. The summed E-state index contributed by atoms with van der Waals surface area (Å²) in [6.45, 7) is -0.134. The number of carbonyl (C=O) groups excluding carboxylic acids is 2. The number of amides is 3. The number of anilines is 2. The first-order valence-corrected chi connectivity index (χ1v) is 15.1. The molecule has 0 atom stereocenters. The number of aliphatic imine (C=N–C) groups is 1. The number of halogens is 7. The summed E-state index contributed by atoms with van der Waals surface area (Å²) in [6.07, 6.45) is -7.95. The number of nitrogens with one attached hydrogen (secondary N) is 1. The second kappa shape index (κ2) is 13.7. The van der Waals surface area contributed by atoms with E-state index in [1.807, 2.05) is 0 Å². The number of rotatable bonds is 8. The van der Waals surface area contributed by atoms with Crippen molar-refractivity contribution in [1.82, 2.24) is 14.8 Å². The van der Waals surface area contributed by atoms with Crippen LogP contribution in [0.4, 0.5) is 42.5 Å². The first kappa shape index (κ1) is 33.9. The van der Waals surface area contributed by atoms with E-state index in [2.05, 4.69) is 41.1 Å². The van der Waals surface area contributed by atoms with Crippen molar-refractivity contribution in [2.75, 3.05) is 22.6 Å². The fourth-order valence-corrected chi connectivity index (χ4v) is 5.60. The summed E-state index contributed by atoms with van der Waals surface area (Å²) in [5, 5.41) is 7.01. The Hall–Kier alpha value is -4.42. The average molecular weight is 743 g/mol. The smallest absolute Gasteiger partial charge is 0.406 e. The number of hydrogen-bond donors (Lipinski definition) is 1. The van der Waals surface area contributed by atoms with Crippen LogP contribution in [0.15, 0.2) is 76.5 Å². The van der Waals surface area contributed by atoms with Crippen molar-refractivity contribution in [2.24, 2.45) is 4.99 Å². The molecule has 1 saturated heterocycles. The molecule has 1 aliphatic rings. The van der Waals surface area contributed by atoms with Crippen molar-refractivity contribution in [3.05, 3.63) is 82.6 Å². The summed E-state index contributed by atoms with van der Waals surface area (Å²) in [5.41, 5.74) is 2.59. The van der Waals surface area contributed by atoms with Crippen molar-refractivity contribution < 1.29 is 45.4 Å². The van der Waals surface area contributed by atoms with Gasteiger partial charge in [-0.05, 0) is 76.9 Å². The molecule has 3 amide bonds. The normalized spacial score (nSPS) is 14.6. The highest BCUT2D eigenvalue weighted by Gasteiger charge is 2.33. The van der Waals surface area contributed by atoms with Gasteiger partial charge in [-0.3, -0.25) is 9.69 Å². The van der Waals surface area contributed by atoms with E-state index in [4.69, 9.17) is 4.74 Å². The number of alkyl halides is 6. The number of ether oxygens (including phenoxy) is 2. The number of nitrogens with zero attached hydrogens (tertiary/aromatic N) is 5.